The van der Waals surface area contributed by atoms with Gasteiger partial charge in [0.1, 0.15) is 0 Å². The molecule has 0 aliphatic carbocycles. The number of aliphatic hydroxyl groups excluding tert-OH is 1. The zero-order chi connectivity index (χ0) is 34.3. The van der Waals surface area contributed by atoms with Crippen LogP contribution in [0.4, 0.5) is 15.5 Å². The minimum Gasteiger partial charge on any atom is -0.395 e. The number of ether oxygens (including phenoxy) is 1. The lowest BCUT2D eigenvalue weighted by atomic mass is 9.82. The molecule has 12 heteroatoms. The molecule has 2 amide bonds. The maximum atomic E-state index is 16.3. The Balaban J connectivity index is 1.15. The fraction of sp³-hybridized carbons (Fsp3) is 0.405. The number of nitrogens with zero attached hydrogens (tertiary/aromatic N) is 5. The van der Waals surface area contributed by atoms with Crippen molar-refractivity contribution in [3.63, 3.8) is 0 Å². The van der Waals surface area contributed by atoms with E-state index >= 15 is 4.11 Å². The Morgan fingerprint density at radius 3 is 2.61 bits per heavy atom. The second-order valence-corrected chi connectivity index (χ2v) is 17.7. The van der Waals surface area contributed by atoms with Crippen molar-refractivity contribution in [2.75, 3.05) is 36.0 Å². The van der Waals surface area contributed by atoms with Crippen LogP contribution in [0.5, 0.6) is 0 Å². The summed E-state index contributed by atoms with van der Waals surface area (Å²) >= 11 is 0. The summed E-state index contributed by atoms with van der Waals surface area (Å²) in [6.07, 6.45) is 1.76. The number of rotatable bonds is 10. The summed E-state index contributed by atoms with van der Waals surface area (Å²) in [4.78, 5) is 30.9. The molecule has 1 aromatic heterocycles. The average molecular weight is 683 g/mol. The van der Waals surface area contributed by atoms with Crippen LogP contribution in [0.15, 0.2) is 85.1 Å². The molecule has 2 N–H and O–H groups in total. The fourth-order valence-corrected chi connectivity index (χ4v) is 10.8. The molecule has 4 aromatic rings. The molecule has 2 saturated heterocycles. The average Bonchev–Trinajstić information content (AvgIpc) is 3.75. The number of amides is 2. The van der Waals surface area contributed by atoms with Crippen LogP contribution in [-0.2, 0) is 33.0 Å². The molecule has 10 nitrogen and oxygen atoms in total. The number of halogens is 1. The molecular formula is C37H43FN6O4Si. The summed E-state index contributed by atoms with van der Waals surface area (Å²) in [5, 5.41) is 21.9. The summed E-state index contributed by atoms with van der Waals surface area (Å²) < 4.78 is 25.0. The Morgan fingerprint density at radius 2 is 1.86 bits per heavy atom. The van der Waals surface area contributed by atoms with Crippen molar-refractivity contribution in [1.82, 2.24) is 20.3 Å². The van der Waals surface area contributed by atoms with Gasteiger partial charge in [-0.15, -0.1) is 5.10 Å². The molecule has 1 unspecified atom stereocenters. The normalized spacial score (nSPS) is 24.6. The first-order valence-electron chi connectivity index (χ1n) is 17.1. The Morgan fingerprint density at radius 1 is 1.08 bits per heavy atom. The predicted molar refractivity (Wildman–Crippen MR) is 187 cm³/mol. The highest BCUT2D eigenvalue weighted by molar-refractivity contribution is 6.72. The van der Waals surface area contributed by atoms with Gasteiger partial charge in [0.05, 0.1) is 43.1 Å². The number of nitrogens with one attached hydrogen (secondary N) is 1. The lowest BCUT2D eigenvalue weighted by Crippen LogP contribution is -2.48. The zero-order valence-corrected chi connectivity index (χ0v) is 29.1. The van der Waals surface area contributed by atoms with Crippen LogP contribution < -0.4 is 15.1 Å². The van der Waals surface area contributed by atoms with Crippen LogP contribution in [0.25, 0.3) is 0 Å². The number of fused-ring (bicyclic) bond motifs is 2. The van der Waals surface area contributed by atoms with Crippen LogP contribution in [0, 0.1) is 5.92 Å². The first kappa shape index (κ1) is 33.3. The standard InChI is InChI=1S/C37H43FN6O4Si/c1-25-35(49(2,3)38)33(16-18-42-23-31(40-41-42)29(24-45)27-11-5-4-6-12-27)48-37(25)30-14-7-8-15-32(30)44(36(37)47)22-26-10-9-13-28(20-26)43-19-17-39-21-34(43)46/h4-15,20,23,25,29,33,35,39,45H,16-19,21-22,24H2,1-3H3/t25-,29?,33+,35-,37+/m1/s1. The van der Waals surface area contributed by atoms with Crippen LogP contribution in [0.1, 0.15) is 41.6 Å². The van der Waals surface area contributed by atoms with Gasteiger partial charge in [-0.25, -0.2) is 0 Å². The van der Waals surface area contributed by atoms with Crippen molar-refractivity contribution in [3.05, 3.63) is 107 Å². The third kappa shape index (κ3) is 6.00. The van der Waals surface area contributed by atoms with Gasteiger partial charge in [0.15, 0.2) is 5.60 Å². The van der Waals surface area contributed by atoms with Gasteiger partial charge in [0, 0.05) is 48.5 Å². The lowest BCUT2D eigenvalue weighted by molar-refractivity contribution is -0.146. The van der Waals surface area contributed by atoms with Crippen LogP contribution in [0.3, 0.4) is 0 Å². The van der Waals surface area contributed by atoms with Gasteiger partial charge in [-0.1, -0.05) is 72.8 Å². The van der Waals surface area contributed by atoms with E-state index in [0.717, 1.165) is 34.6 Å². The summed E-state index contributed by atoms with van der Waals surface area (Å²) in [7, 11) is -3.34. The fourth-order valence-electron chi connectivity index (χ4n) is 8.21. The van der Waals surface area contributed by atoms with Gasteiger partial charge in [0.2, 0.25) is 14.3 Å². The number of hydrogen-bond acceptors (Lipinski definition) is 7. The van der Waals surface area contributed by atoms with Gasteiger partial charge < -0.3 is 29.1 Å². The highest BCUT2D eigenvalue weighted by atomic mass is 28.4. The van der Waals surface area contributed by atoms with Crippen molar-refractivity contribution in [2.24, 2.45) is 5.92 Å². The number of anilines is 2. The Bertz CT molecular complexity index is 1830. The maximum absolute atomic E-state index is 16.3. The SMILES string of the molecule is C[C@@H]1[C@@H]([Si](C)(C)F)[C@H](CCn2cc(C(CO)c3ccccc3)nn2)O[C@@]12C(=O)N(Cc1cccc(N3CCNCC3=O)c1)c1ccccc12. The molecule has 0 saturated carbocycles. The summed E-state index contributed by atoms with van der Waals surface area (Å²) in [5.74, 6) is -0.884. The lowest BCUT2D eigenvalue weighted by Gasteiger charge is -2.31. The van der Waals surface area contributed by atoms with E-state index in [4.69, 9.17) is 4.74 Å². The highest BCUT2D eigenvalue weighted by Gasteiger charge is 2.66. The Hall–Kier alpha value is -4.23. The molecule has 49 heavy (non-hydrogen) atoms. The summed E-state index contributed by atoms with van der Waals surface area (Å²) in [5.41, 5.74) is 3.07. The number of aryl methyl sites for hydroxylation is 1. The van der Waals surface area contributed by atoms with Crippen molar-refractivity contribution in [2.45, 2.75) is 62.7 Å². The molecule has 3 aliphatic heterocycles. The van der Waals surface area contributed by atoms with Crippen LogP contribution in [0.2, 0.25) is 18.6 Å². The number of piperazine rings is 1. The maximum Gasteiger partial charge on any atom is 0.264 e. The molecule has 7 rings (SSSR count). The number of carbonyl (C=O) groups excluding carboxylic acids is 2. The van der Waals surface area contributed by atoms with E-state index in [2.05, 4.69) is 15.6 Å². The van der Waals surface area contributed by atoms with Gasteiger partial charge in [-0.2, -0.15) is 0 Å². The van der Waals surface area contributed by atoms with Crippen molar-refractivity contribution >= 4 is 31.6 Å². The van der Waals surface area contributed by atoms with Crippen molar-refractivity contribution in [3.8, 4) is 0 Å². The molecule has 3 aliphatic rings. The third-order valence-electron chi connectivity index (χ3n) is 10.5. The predicted octanol–water partition coefficient (Wildman–Crippen LogP) is 4.75. The molecule has 0 bridgehead atoms. The number of carbonyl (C=O) groups is 2. The van der Waals surface area contributed by atoms with Crippen molar-refractivity contribution in [1.29, 1.82) is 0 Å². The van der Waals surface area contributed by atoms with Gasteiger partial charge >= 0.3 is 0 Å². The number of benzene rings is 3. The second-order valence-electron chi connectivity index (χ2n) is 13.9. The molecular weight excluding hydrogens is 640 g/mol. The minimum absolute atomic E-state index is 0.0136. The molecule has 2 fully saturated rings. The van der Waals surface area contributed by atoms with Gasteiger partial charge in [-0.3, -0.25) is 14.3 Å². The van der Waals surface area contributed by atoms with E-state index < -0.39 is 31.6 Å². The monoisotopic (exact) mass is 682 g/mol. The van der Waals surface area contributed by atoms with E-state index in [1.165, 1.54) is 0 Å². The molecule has 1 spiro atoms. The first-order valence-corrected chi connectivity index (χ1v) is 20.0. The van der Waals surface area contributed by atoms with E-state index in [9.17, 15) is 14.7 Å². The van der Waals surface area contributed by atoms with Crippen LogP contribution >= 0.6 is 0 Å². The third-order valence-corrected chi connectivity index (χ3v) is 12.9. The smallest absolute Gasteiger partial charge is 0.264 e. The van der Waals surface area contributed by atoms with Gasteiger partial charge in [0.25, 0.3) is 5.91 Å². The topological polar surface area (TPSA) is 113 Å². The van der Waals surface area contributed by atoms with E-state index in [1.54, 1.807) is 27.6 Å². The molecule has 3 aromatic carbocycles. The molecule has 256 valence electrons. The molecule has 5 atom stereocenters. The quantitative estimate of drug-likeness (QED) is 0.184. The summed E-state index contributed by atoms with van der Waals surface area (Å²) in [6, 6.07) is 25.1. The number of hydrogen-bond donors (Lipinski definition) is 2. The minimum atomic E-state index is -3.34. The largest absolute Gasteiger partial charge is 0.395 e. The summed E-state index contributed by atoms with van der Waals surface area (Å²) in [6.45, 7) is 7.58. The first-order chi connectivity index (χ1) is 23.6. The van der Waals surface area contributed by atoms with Gasteiger partial charge in [-0.05, 0) is 48.8 Å². The Labute approximate surface area is 287 Å². The molecule has 0 radical (unpaired) electrons. The van der Waals surface area contributed by atoms with Crippen molar-refractivity contribution < 1.29 is 23.5 Å². The van der Waals surface area contributed by atoms with E-state index in [-0.39, 0.29) is 24.3 Å². The highest BCUT2D eigenvalue weighted by Crippen LogP contribution is 2.60. The zero-order valence-electron chi connectivity index (χ0n) is 28.1. The number of aromatic nitrogens is 3. The van der Waals surface area contributed by atoms with E-state index in [0.29, 0.717) is 38.3 Å². The number of aliphatic hydroxyl groups is 1. The van der Waals surface area contributed by atoms with Crippen LogP contribution in [-0.4, -0.2) is 72.7 Å². The van der Waals surface area contributed by atoms with E-state index in [1.807, 2.05) is 92.0 Å². The molecule has 4 heterocycles. The number of para-hydroxylation sites is 1. The Kier molecular flexibility index (Phi) is 8.99. The second kappa shape index (κ2) is 13.2.